The Bertz CT molecular complexity index is 533. The monoisotopic (exact) mass is 237 g/mol. The summed E-state index contributed by atoms with van der Waals surface area (Å²) >= 11 is 0. The fourth-order valence-electron chi connectivity index (χ4n) is 1.71. The number of hydrogen-bond donors (Lipinski definition) is 0. The van der Waals surface area contributed by atoms with E-state index in [-0.39, 0.29) is 5.75 Å². The van der Waals surface area contributed by atoms with Gasteiger partial charge in [-0.05, 0) is 24.1 Å². The van der Waals surface area contributed by atoms with Gasteiger partial charge in [0.15, 0.2) is 0 Å². The minimum Gasteiger partial charge on any atom is -0.246 e. The lowest BCUT2D eigenvalue weighted by molar-refractivity contribution is 0.439. The van der Waals surface area contributed by atoms with Crippen molar-refractivity contribution in [2.24, 2.45) is 0 Å². The summed E-state index contributed by atoms with van der Waals surface area (Å²) in [6, 6.07) is 5.28. The summed E-state index contributed by atoms with van der Waals surface area (Å²) in [7, 11) is -3.07. The fraction of sp³-hybridized carbons (Fsp3) is 0.400. The van der Waals surface area contributed by atoms with Crippen LogP contribution in [0.25, 0.3) is 0 Å². The van der Waals surface area contributed by atoms with Gasteiger partial charge in [0.25, 0.3) is 0 Å². The number of aromatic nitrogens is 1. The van der Waals surface area contributed by atoms with Gasteiger partial charge in [-0.1, -0.05) is 0 Å². The lowest BCUT2D eigenvalue weighted by Crippen LogP contribution is -2.25. The first-order valence-electron chi connectivity index (χ1n) is 4.95. The second-order valence-corrected chi connectivity index (χ2v) is 5.75. The first kappa shape index (κ1) is 11.0. The molecule has 6 heteroatoms. The second-order valence-electron chi connectivity index (χ2n) is 3.66. The molecule has 0 saturated carbocycles. The van der Waals surface area contributed by atoms with Crippen LogP contribution in [0.3, 0.4) is 0 Å². The Hall–Kier alpha value is -1.45. The van der Waals surface area contributed by atoms with Crippen molar-refractivity contribution in [3.05, 3.63) is 29.6 Å². The molecule has 0 bridgehead atoms. The van der Waals surface area contributed by atoms with Gasteiger partial charge in [-0.15, -0.1) is 0 Å². The van der Waals surface area contributed by atoms with E-state index in [1.807, 2.05) is 6.07 Å². The Morgan fingerprint density at radius 3 is 3.00 bits per heavy atom. The van der Waals surface area contributed by atoms with Crippen LogP contribution in [0.4, 0.5) is 0 Å². The minimum atomic E-state index is -3.07. The molecule has 2 heterocycles. The average molecular weight is 237 g/mol. The molecule has 1 saturated heterocycles. The Morgan fingerprint density at radius 1 is 1.56 bits per heavy atom. The molecule has 0 unspecified atom stereocenters. The summed E-state index contributed by atoms with van der Waals surface area (Å²) in [5, 5.41) is 8.68. The van der Waals surface area contributed by atoms with E-state index >= 15 is 0 Å². The fourth-order valence-corrected chi connectivity index (χ4v) is 3.21. The first-order valence-corrected chi connectivity index (χ1v) is 6.55. The van der Waals surface area contributed by atoms with Crippen molar-refractivity contribution in [1.82, 2.24) is 9.29 Å². The molecule has 0 N–H and O–H groups in total. The maximum atomic E-state index is 11.6. The molecule has 0 amide bonds. The van der Waals surface area contributed by atoms with Gasteiger partial charge in [-0.25, -0.2) is 13.4 Å². The van der Waals surface area contributed by atoms with Crippen LogP contribution in [-0.4, -0.2) is 30.0 Å². The van der Waals surface area contributed by atoms with E-state index in [0.29, 0.717) is 25.2 Å². The average Bonchev–Trinajstić information content (AvgIpc) is 2.59. The maximum absolute atomic E-state index is 11.6. The Morgan fingerprint density at radius 2 is 2.38 bits per heavy atom. The third kappa shape index (κ3) is 2.21. The van der Waals surface area contributed by atoms with E-state index in [1.54, 1.807) is 12.1 Å². The highest BCUT2D eigenvalue weighted by atomic mass is 32.2. The molecule has 0 radical (unpaired) electrons. The number of sulfonamides is 1. The lowest BCUT2D eigenvalue weighted by Gasteiger charge is -2.13. The van der Waals surface area contributed by atoms with E-state index in [0.717, 1.165) is 5.56 Å². The summed E-state index contributed by atoms with van der Waals surface area (Å²) < 4.78 is 24.6. The van der Waals surface area contributed by atoms with Crippen LogP contribution < -0.4 is 0 Å². The van der Waals surface area contributed by atoms with Gasteiger partial charge in [0.1, 0.15) is 11.8 Å². The normalized spacial score (nSPS) is 19.4. The van der Waals surface area contributed by atoms with Crippen molar-refractivity contribution in [3.8, 4) is 6.07 Å². The predicted molar refractivity (Wildman–Crippen MR) is 57.8 cm³/mol. The van der Waals surface area contributed by atoms with Crippen molar-refractivity contribution < 1.29 is 8.42 Å². The van der Waals surface area contributed by atoms with Crippen LogP contribution in [-0.2, 0) is 16.6 Å². The first-order chi connectivity index (χ1) is 7.62. The maximum Gasteiger partial charge on any atom is 0.214 e. The standard InChI is InChI=1S/C10H11N3O2S/c11-7-10-6-9(2-3-12-10)8-13-4-1-5-16(13,14)15/h2-3,6H,1,4-5,8H2. The molecule has 0 atom stereocenters. The topological polar surface area (TPSA) is 74.1 Å². The zero-order valence-electron chi connectivity index (χ0n) is 8.63. The molecule has 1 aromatic heterocycles. The lowest BCUT2D eigenvalue weighted by atomic mass is 10.2. The smallest absolute Gasteiger partial charge is 0.214 e. The molecule has 1 aliphatic rings. The number of pyridine rings is 1. The highest BCUT2D eigenvalue weighted by Crippen LogP contribution is 2.17. The number of rotatable bonds is 2. The number of hydrogen-bond acceptors (Lipinski definition) is 4. The van der Waals surface area contributed by atoms with Crippen LogP contribution in [0.1, 0.15) is 17.7 Å². The summed E-state index contributed by atoms with van der Waals surface area (Å²) in [6.45, 7) is 0.895. The quantitative estimate of drug-likeness (QED) is 0.750. The van der Waals surface area contributed by atoms with Crippen molar-refractivity contribution in [1.29, 1.82) is 5.26 Å². The second kappa shape index (κ2) is 4.20. The largest absolute Gasteiger partial charge is 0.246 e. The van der Waals surface area contributed by atoms with Crippen LogP contribution >= 0.6 is 0 Å². The Balaban J connectivity index is 2.19. The molecular weight excluding hydrogens is 226 g/mol. The van der Waals surface area contributed by atoms with E-state index in [4.69, 9.17) is 5.26 Å². The molecule has 0 spiro atoms. The molecule has 1 aliphatic heterocycles. The molecule has 0 aliphatic carbocycles. The Kier molecular flexibility index (Phi) is 2.90. The van der Waals surface area contributed by atoms with Gasteiger partial charge in [0, 0.05) is 19.3 Å². The van der Waals surface area contributed by atoms with E-state index in [1.165, 1.54) is 10.5 Å². The van der Waals surface area contributed by atoms with Gasteiger partial charge in [0.2, 0.25) is 10.0 Å². The Labute approximate surface area is 94.4 Å². The summed E-state index contributed by atoms with van der Waals surface area (Å²) in [4.78, 5) is 3.84. The molecule has 1 aromatic rings. The molecule has 1 fully saturated rings. The molecule has 0 aromatic carbocycles. The molecule has 16 heavy (non-hydrogen) atoms. The summed E-state index contributed by atoms with van der Waals surface area (Å²) in [6.07, 6.45) is 2.20. The van der Waals surface area contributed by atoms with Crippen molar-refractivity contribution in [2.45, 2.75) is 13.0 Å². The highest BCUT2D eigenvalue weighted by molar-refractivity contribution is 7.89. The summed E-state index contributed by atoms with van der Waals surface area (Å²) in [5.74, 6) is 0.225. The number of nitrogens with zero attached hydrogens (tertiary/aromatic N) is 3. The van der Waals surface area contributed by atoms with Gasteiger partial charge in [0.05, 0.1) is 5.75 Å². The SMILES string of the molecule is N#Cc1cc(CN2CCCS2(=O)=O)ccn1. The van der Waals surface area contributed by atoms with Crippen LogP contribution in [0, 0.1) is 11.3 Å². The van der Waals surface area contributed by atoms with Crippen molar-refractivity contribution in [3.63, 3.8) is 0 Å². The minimum absolute atomic E-state index is 0.225. The van der Waals surface area contributed by atoms with Gasteiger partial charge in [-0.3, -0.25) is 0 Å². The molecule has 2 rings (SSSR count). The highest BCUT2D eigenvalue weighted by Gasteiger charge is 2.27. The molecular formula is C10H11N3O2S. The summed E-state index contributed by atoms with van der Waals surface area (Å²) in [5.41, 5.74) is 1.12. The molecule has 5 nitrogen and oxygen atoms in total. The van der Waals surface area contributed by atoms with E-state index in [2.05, 4.69) is 4.98 Å². The van der Waals surface area contributed by atoms with E-state index < -0.39 is 10.0 Å². The third-order valence-corrected chi connectivity index (χ3v) is 4.40. The van der Waals surface area contributed by atoms with Crippen LogP contribution in [0.15, 0.2) is 18.3 Å². The zero-order valence-corrected chi connectivity index (χ0v) is 9.44. The predicted octanol–water partition coefficient (Wildman–Crippen LogP) is 0.489. The van der Waals surface area contributed by atoms with Gasteiger partial charge in [-0.2, -0.15) is 9.57 Å². The zero-order chi connectivity index (χ0) is 11.6. The number of nitriles is 1. The van der Waals surface area contributed by atoms with Crippen molar-refractivity contribution in [2.75, 3.05) is 12.3 Å². The third-order valence-electron chi connectivity index (χ3n) is 2.50. The molecule has 84 valence electrons. The van der Waals surface area contributed by atoms with Crippen LogP contribution in [0.5, 0.6) is 0 Å². The van der Waals surface area contributed by atoms with Gasteiger partial charge >= 0.3 is 0 Å². The van der Waals surface area contributed by atoms with Gasteiger partial charge < -0.3 is 0 Å². The van der Waals surface area contributed by atoms with Crippen molar-refractivity contribution >= 4 is 10.0 Å². The van der Waals surface area contributed by atoms with E-state index in [9.17, 15) is 8.42 Å². The van der Waals surface area contributed by atoms with Crippen LogP contribution in [0.2, 0.25) is 0 Å².